The van der Waals surface area contributed by atoms with E-state index in [4.69, 9.17) is 10.8 Å². The van der Waals surface area contributed by atoms with Gasteiger partial charge in [0.1, 0.15) is 6.04 Å². The minimum atomic E-state index is -1.38. The Morgan fingerprint density at radius 2 is 1.89 bits per heavy atom. The van der Waals surface area contributed by atoms with Gasteiger partial charge in [-0.3, -0.25) is 4.79 Å². The van der Waals surface area contributed by atoms with E-state index in [1.165, 1.54) is 20.9 Å². The molecule has 0 aliphatic rings. The second-order valence-corrected chi connectivity index (χ2v) is 4.68. The predicted octanol–water partition coefficient (Wildman–Crippen LogP) is -1.27. The summed E-state index contributed by atoms with van der Waals surface area (Å²) in [5.74, 6) is -2.17. The molecule has 0 bridgehead atoms. The molecule has 8 nitrogen and oxygen atoms in total. The standard InChI is InChI=1S/C10H19N3O5/c1-10(2,18)5-13(3)9(17)12-6(8(15)16)4-7(11)14/h6,18H,4-5H2,1-3H3,(H2,11,14)(H,12,17)(H,15,16)/t6-/m0/s1. The van der Waals surface area contributed by atoms with Gasteiger partial charge in [-0.2, -0.15) is 0 Å². The van der Waals surface area contributed by atoms with E-state index in [0.29, 0.717) is 0 Å². The van der Waals surface area contributed by atoms with Crippen molar-refractivity contribution in [3.63, 3.8) is 0 Å². The largest absolute Gasteiger partial charge is 0.480 e. The Labute approximate surface area is 105 Å². The van der Waals surface area contributed by atoms with Crippen molar-refractivity contribution in [3.05, 3.63) is 0 Å². The summed E-state index contributed by atoms with van der Waals surface area (Å²) in [4.78, 5) is 34.2. The van der Waals surface area contributed by atoms with Gasteiger partial charge < -0.3 is 26.2 Å². The van der Waals surface area contributed by atoms with Crippen molar-refractivity contribution in [2.75, 3.05) is 13.6 Å². The van der Waals surface area contributed by atoms with E-state index in [0.717, 1.165) is 4.90 Å². The van der Waals surface area contributed by atoms with Crippen molar-refractivity contribution in [2.45, 2.75) is 31.9 Å². The van der Waals surface area contributed by atoms with E-state index >= 15 is 0 Å². The maximum Gasteiger partial charge on any atom is 0.326 e. The molecule has 0 aromatic carbocycles. The zero-order valence-electron chi connectivity index (χ0n) is 10.6. The van der Waals surface area contributed by atoms with Gasteiger partial charge in [0.25, 0.3) is 0 Å². The molecule has 0 saturated carbocycles. The lowest BCUT2D eigenvalue weighted by Crippen LogP contribution is -2.50. The molecule has 1 atom stereocenters. The van der Waals surface area contributed by atoms with Crippen molar-refractivity contribution < 1.29 is 24.6 Å². The molecule has 5 N–H and O–H groups in total. The van der Waals surface area contributed by atoms with Crippen molar-refractivity contribution in [2.24, 2.45) is 5.73 Å². The number of aliphatic carboxylic acids is 1. The molecule has 0 aliphatic heterocycles. The van der Waals surface area contributed by atoms with E-state index in [1.54, 1.807) is 0 Å². The maximum atomic E-state index is 11.6. The lowest BCUT2D eigenvalue weighted by molar-refractivity contribution is -0.140. The van der Waals surface area contributed by atoms with Crippen LogP contribution in [0.4, 0.5) is 4.79 Å². The molecule has 0 saturated heterocycles. The van der Waals surface area contributed by atoms with Crippen molar-refractivity contribution >= 4 is 17.9 Å². The number of hydrogen-bond donors (Lipinski definition) is 4. The number of nitrogens with two attached hydrogens (primary N) is 1. The summed E-state index contributed by atoms with van der Waals surface area (Å²) in [6.07, 6.45) is -0.489. The molecular weight excluding hydrogens is 242 g/mol. The molecule has 104 valence electrons. The third-order valence-corrected chi connectivity index (χ3v) is 1.97. The van der Waals surface area contributed by atoms with Gasteiger partial charge in [0.15, 0.2) is 0 Å². The number of carbonyl (C=O) groups is 3. The molecule has 18 heavy (non-hydrogen) atoms. The lowest BCUT2D eigenvalue weighted by atomic mass is 10.1. The fourth-order valence-electron chi connectivity index (χ4n) is 1.31. The van der Waals surface area contributed by atoms with Crippen LogP contribution in [0.15, 0.2) is 0 Å². The summed E-state index contributed by atoms with van der Waals surface area (Å²) in [5.41, 5.74) is 3.77. The van der Waals surface area contributed by atoms with Crippen LogP contribution in [0, 0.1) is 0 Å². The highest BCUT2D eigenvalue weighted by Gasteiger charge is 2.25. The first kappa shape index (κ1) is 16.2. The fraction of sp³-hybridized carbons (Fsp3) is 0.700. The number of carboxylic acid groups (broad SMARTS) is 1. The molecule has 0 rings (SSSR count). The summed E-state index contributed by atoms with van der Waals surface area (Å²) >= 11 is 0. The number of aliphatic hydroxyl groups is 1. The highest BCUT2D eigenvalue weighted by Crippen LogP contribution is 2.03. The normalized spacial score (nSPS) is 12.7. The number of primary amides is 1. The third-order valence-electron chi connectivity index (χ3n) is 1.97. The van der Waals surface area contributed by atoms with Crippen LogP contribution in [0.2, 0.25) is 0 Å². The van der Waals surface area contributed by atoms with E-state index < -0.39 is 36.0 Å². The zero-order valence-corrected chi connectivity index (χ0v) is 10.6. The Hall–Kier alpha value is -1.83. The quantitative estimate of drug-likeness (QED) is 0.473. The smallest absolute Gasteiger partial charge is 0.326 e. The lowest BCUT2D eigenvalue weighted by Gasteiger charge is -2.26. The summed E-state index contributed by atoms with van der Waals surface area (Å²) in [6.45, 7) is 3.03. The molecule has 0 unspecified atom stereocenters. The Balaban J connectivity index is 4.50. The second-order valence-electron chi connectivity index (χ2n) is 4.68. The van der Waals surface area contributed by atoms with Crippen molar-refractivity contribution in [1.29, 1.82) is 0 Å². The van der Waals surface area contributed by atoms with Crippen LogP contribution < -0.4 is 11.1 Å². The third kappa shape index (κ3) is 6.69. The Bertz CT molecular complexity index is 337. The molecule has 3 amide bonds. The number of hydrogen-bond acceptors (Lipinski definition) is 4. The van der Waals surface area contributed by atoms with E-state index in [-0.39, 0.29) is 6.54 Å². The highest BCUT2D eigenvalue weighted by atomic mass is 16.4. The summed E-state index contributed by atoms with van der Waals surface area (Å²) in [7, 11) is 1.40. The van der Waals surface area contributed by atoms with Gasteiger partial charge in [0.2, 0.25) is 5.91 Å². The highest BCUT2D eigenvalue weighted by molar-refractivity contribution is 5.87. The number of likely N-dealkylation sites (N-methyl/N-ethyl adjacent to an activating group) is 1. The molecule has 0 heterocycles. The van der Waals surface area contributed by atoms with Gasteiger partial charge >= 0.3 is 12.0 Å². The number of amides is 3. The summed E-state index contributed by atoms with van der Waals surface area (Å²) < 4.78 is 0. The minimum Gasteiger partial charge on any atom is -0.480 e. The first-order valence-electron chi connectivity index (χ1n) is 5.28. The molecule has 0 fully saturated rings. The van der Waals surface area contributed by atoms with Crippen LogP contribution in [0.1, 0.15) is 20.3 Å². The predicted molar refractivity (Wildman–Crippen MR) is 62.7 cm³/mol. The molecule has 0 spiro atoms. The molecule has 0 radical (unpaired) electrons. The first-order valence-corrected chi connectivity index (χ1v) is 5.28. The van der Waals surface area contributed by atoms with Gasteiger partial charge in [0, 0.05) is 7.05 Å². The van der Waals surface area contributed by atoms with Crippen LogP contribution in [0.25, 0.3) is 0 Å². The summed E-state index contributed by atoms with van der Waals surface area (Å²) in [6, 6.07) is -2.08. The minimum absolute atomic E-state index is 0.0156. The SMILES string of the molecule is CN(CC(C)(C)O)C(=O)N[C@@H](CC(N)=O)C(=O)O. The molecular formula is C10H19N3O5. The number of nitrogens with one attached hydrogen (secondary N) is 1. The van der Waals surface area contributed by atoms with Crippen LogP contribution in [0.5, 0.6) is 0 Å². The maximum absolute atomic E-state index is 11.6. The van der Waals surface area contributed by atoms with Crippen molar-refractivity contribution in [1.82, 2.24) is 10.2 Å². The number of carbonyl (C=O) groups excluding carboxylic acids is 2. The average Bonchev–Trinajstić information content (AvgIpc) is 2.12. The molecule has 0 aliphatic carbocycles. The van der Waals surface area contributed by atoms with E-state index in [2.05, 4.69) is 5.32 Å². The average molecular weight is 261 g/mol. The van der Waals surface area contributed by atoms with Gasteiger partial charge in [-0.15, -0.1) is 0 Å². The number of carboxylic acids is 1. The molecule has 0 aromatic heterocycles. The fourth-order valence-corrected chi connectivity index (χ4v) is 1.31. The van der Waals surface area contributed by atoms with Gasteiger partial charge in [-0.1, -0.05) is 0 Å². The molecule has 0 aromatic rings. The van der Waals surface area contributed by atoms with Crippen LogP contribution in [0.3, 0.4) is 0 Å². The Kier molecular flexibility index (Phi) is 5.57. The topological polar surface area (TPSA) is 133 Å². The van der Waals surface area contributed by atoms with Gasteiger partial charge in [0.05, 0.1) is 18.6 Å². The number of nitrogens with zero attached hydrogens (tertiary/aromatic N) is 1. The van der Waals surface area contributed by atoms with Crippen LogP contribution in [-0.4, -0.2) is 58.3 Å². The monoisotopic (exact) mass is 261 g/mol. The van der Waals surface area contributed by atoms with Gasteiger partial charge in [-0.25, -0.2) is 9.59 Å². The first-order chi connectivity index (χ1) is 8.03. The molecule has 8 heteroatoms. The van der Waals surface area contributed by atoms with Gasteiger partial charge in [-0.05, 0) is 13.8 Å². The van der Waals surface area contributed by atoms with E-state index in [1.807, 2.05) is 0 Å². The summed E-state index contributed by atoms with van der Waals surface area (Å²) in [5, 5.41) is 20.5. The van der Waals surface area contributed by atoms with E-state index in [9.17, 15) is 19.5 Å². The zero-order chi connectivity index (χ0) is 14.5. The second kappa shape index (κ2) is 6.20. The number of rotatable bonds is 6. The van der Waals surface area contributed by atoms with Crippen molar-refractivity contribution in [3.8, 4) is 0 Å². The Morgan fingerprint density at radius 3 is 2.22 bits per heavy atom. The van der Waals surface area contributed by atoms with Crippen LogP contribution >= 0.6 is 0 Å². The number of urea groups is 1. The van der Waals surface area contributed by atoms with Crippen LogP contribution in [-0.2, 0) is 9.59 Å². The Morgan fingerprint density at radius 1 is 1.39 bits per heavy atom.